The quantitative estimate of drug-likeness (QED) is 0.170. The van der Waals surface area contributed by atoms with Crippen molar-refractivity contribution in [1.29, 1.82) is 0 Å². The van der Waals surface area contributed by atoms with Crippen LogP contribution in [0.3, 0.4) is 0 Å². The molecule has 0 N–H and O–H groups in total. The Morgan fingerprint density at radius 3 is 1.75 bits per heavy atom. The van der Waals surface area contributed by atoms with E-state index in [0.29, 0.717) is 0 Å². The molecule has 10 rings (SSSR count). The maximum Gasteiger partial charge on any atom is 0.0640 e. The van der Waals surface area contributed by atoms with Crippen molar-refractivity contribution in [2.45, 2.75) is 19.3 Å². The van der Waals surface area contributed by atoms with Gasteiger partial charge < -0.3 is 9.47 Å². The Bertz CT molecular complexity index is 2780. The van der Waals surface area contributed by atoms with Crippen LogP contribution in [0.1, 0.15) is 25.0 Å². The summed E-state index contributed by atoms with van der Waals surface area (Å²) < 4.78 is 2.42. The highest BCUT2D eigenvalue weighted by atomic mass is 15.2. The monoisotopic (exact) mass is 678 g/mol. The van der Waals surface area contributed by atoms with E-state index in [4.69, 9.17) is 0 Å². The van der Waals surface area contributed by atoms with E-state index in [0.717, 1.165) is 17.1 Å². The summed E-state index contributed by atoms with van der Waals surface area (Å²) >= 11 is 0. The Morgan fingerprint density at radius 1 is 0.415 bits per heavy atom. The molecule has 252 valence electrons. The number of para-hydroxylation sites is 3. The molecule has 0 spiro atoms. The Hall–Kier alpha value is -6.64. The normalized spacial score (nSPS) is 12.9. The van der Waals surface area contributed by atoms with Gasteiger partial charge in [-0.1, -0.05) is 153 Å². The number of aromatic nitrogens is 1. The summed E-state index contributed by atoms with van der Waals surface area (Å²) in [5, 5.41) is 2.44. The molecule has 2 heteroatoms. The van der Waals surface area contributed by atoms with Gasteiger partial charge in [-0.2, -0.15) is 0 Å². The standard InChI is InChI=1S/C51H38N2/c1-51(2)45-24-14-12-22-42(45)43-31-28-37(34-46(43)51)41-32-33-48-49(44-23-13-15-25-47(44)53(48)39-20-10-5-11-21-39)50(41)52(38-18-8-4-9-19-38)40-29-26-36(27-30-40)35-16-6-3-7-17-35/h3-34H,1-2H3. The lowest BCUT2D eigenvalue weighted by atomic mass is 9.81. The summed E-state index contributed by atoms with van der Waals surface area (Å²) in [5.41, 5.74) is 17.0. The first-order valence-corrected chi connectivity index (χ1v) is 18.4. The SMILES string of the molecule is CC1(C)c2ccccc2-c2ccc(-c3ccc4c(c3N(c3ccccc3)c3ccc(-c5ccccc5)cc3)c3ccccc3n4-c3ccccc3)cc21. The molecule has 53 heavy (non-hydrogen) atoms. The van der Waals surface area contributed by atoms with E-state index >= 15 is 0 Å². The van der Waals surface area contributed by atoms with Crippen LogP contribution in [0.5, 0.6) is 0 Å². The van der Waals surface area contributed by atoms with Gasteiger partial charge in [0.05, 0.1) is 16.7 Å². The summed E-state index contributed by atoms with van der Waals surface area (Å²) in [7, 11) is 0. The van der Waals surface area contributed by atoms with Gasteiger partial charge in [0, 0.05) is 38.8 Å². The first-order chi connectivity index (χ1) is 26.1. The molecule has 1 aliphatic rings. The van der Waals surface area contributed by atoms with Gasteiger partial charge in [0.15, 0.2) is 0 Å². The molecule has 0 fully saturated rings. The molecular weight excluding hydrogens is 641 g/mol. The van der Waals surface area contributed by atoms with Crippen molar-refractivity contribution in [3.05, 3.63) is 205 Å². The second-order valence-electron chi connectivity index (χ2n) is 14.6. The topological polar surface area (TPSA) is 8.17 Å². The lowest BCUT2D eigenvalue weighted by molar-refractivity contribution is 0.660. The number of hydrogen-bond acceptors (Lipinski definition) is 1. The van der Waals surface area contributed by atoms with Crippen LogP contribution in [-0.4, -0.2) is 4.57 Å². The molecule has 1 aromatic heterocycles. The van der Waals surface area contributed by atoms with Crippen molar-refractivity contribution in [2.75, 3.05) is 4.90 Å². The lowest BCUT2D eigenvalue weighted by Gasteiger charge is -2.29. The highest BCUT2D eigenvalue weighted by molar-refractivity contribution is 6.19. The maximum atomic E-state index is 2.47. The minimum Gasteiger partial charge on any atom is -0.309 e. The van der Waals surface area contributed by atoms with Crippen molar-refractivity contribution in [3.63, 3.8) is 0 Å². The van der Waals surface area contributed by atoms with Gasteiger partial charge >= 0.3 is 0 Å². The molecule has 2 nitrogen and oxygen atoms in total. The van der Waals surface area contributed by atoms with Crippen molar-refractivity contribution < 1.29 is 0 Å². The van der Waals surface area contributed by atoms with Gasteiger partial charge in [0.1, 0.15) is 0 Å². The zero-order valence-corrected chi connectivity index (χ0v) is 29.9. The molecular formula is C51H38N2. The third-order valence-electron chi connectivity index (χ3n) is 11.2. The smallest absolute Gasteiger partial charge is 0.0640 e. The summed E-state index contributed by atoms with van der Waals surface area (Å²) in [6, 6.07) is 70.8. The molecule has 0 saturated carbocycles. The fourth-order valence-electron chi connectivity index (χ4n) is 8.65. The van der Waals surface area contributed by atoms with Crippen LogP contribution in [-0.2, 0) is 5.41 Å². The number of fused-ring (bicyclic) bond motifs is 6. The first kappa shape index (κ1) is 31.1. The zero-order chi connectivity index (χ0) is 35.5. The van der Waals surface area contributed by atoms with Crippen molar-refractivity contribution in [2.24, 2.45) is 0 Å². The van der Waals surface area contributed by atoms with Crippen LogP contribution in [0.15, 0.2) is 194 Å². The van der Waals surface area contributed by atoms with Crippen LogP contribution < -0.4 is 4.90 Å². The van der Waals surface area contributed by atoms with Crippen molar-refractivity contribution >= 4 is 38.9 Å². The fourth-order valence-corrected chi connectivity index (χ4v) is 8.65. The molecule has 8 aromatic carbocycles. The molecule has 0 bridgehead atoms. The van der Waals surface area contributed by atoms with E-state index in [2.05, 4.69) is 217 Å². The largest absolute Gasteiger partial charge is 0.309 e. The maximum absolute atomic E-state index is 2.47. The number of anilines is 3. The predicted molar refractivity (Wildman–Crippen MR) is 224 cm³/mol. The van der Waals surface area contributed by atoms with Crippen LogP contribution >= 0.6 is 0 Å². The predicted octanol–water partition coefficient (Wildman–Crippen LogP) is 13.9. The Balaban J connectivity index is 1.29. The van der Waals surface area contributed by atoms with Gasteiger partial charge in [-0.25, -0.2) is 0 Å². The molecule has 1 aliphatic carbocycles. The molecule has 9 aromatic rings. The molecule has 0 atom stereocenters. The van der Waals surface area contributed by atoms with Gasteiger partial charge in [-0.05, 0) is 93.5 Å². The van der Waals surface area contributed by atoms with Gasteiger partial charge in [0.25, 0.3) is 0 Å². The van der Waals surface area contributed by atoms with E-state index in [1.807, 2.05) is 0 Å². The number of benzene rings is 8. The van der Waals surface area contributed by atoms with Crippen molar-refractivity contribution in [1.82, 2.24) is 4.57 Å². The highest BCUT2D eigenvalue weighted by Crippen LogP contribution is 2.52. The summed E-state index contributed by atoms with van der Waals surface area (Å²) in [5.74, 6) is 0. The Kier molecular flexibility index (Phi) is 7.19. The zero-order valence-electron chi connectivity index (χ0n) is 29.9. The average Bonchev–Trinajstić information content (AvgIpc) is 3.68. The first-order valence-electron chi connectivity index (χ1n) is 18.4. The lowest BCUT2D eigenvalue weighted by Crippen LogP contribution is -2.15. The van der Waals surface area contributed by atoms with Crippen LogP contribution in [0.25, 0.3) is 60.9 Å². The fraction of sp³-hybridized carbons (Fsp3) is 0.0588. The summed E-state index contributed by atoms with van der Waals surface area (Å²) in [4.78, 5) is 2.47. The number of hydrogen-bond donors (Lipinski definition) is 0. The second-order valence-corrected chi connectivity index (χ2v) is 14.6. The molecule has 0 aliphatic heterocycles. The van der Waals surface area contributed by atoms with Crippen LogP contribution in [0, 0.1) is 0 Å². The van der Waals surface area contributed by atoms with Crippen molar-refractivity contribution in [3.8, 4) is 39.1 Å². The highest BCUT2D eigenvalue weighted by Gasteiger charge is 2.35. The van der Waals surface area contributed by atoms with Crippen LogP contribution in [0.2, 0.25) is 0 Å². The van der Waals surface area contributed by atoms with Gasteiger partial charge in [-0.15, -0.1) is 0 Å². The summed E-state index contributed by atoms with van der Waals surface area (Å²) in [6.07, 6.45) is 0. The minimum absolute atomic E-state index is 0.109. The Labute approximate surface area is 310 Å². The molecule has 0 radical (unpaired) electrons. The van der Waals surface area contributed by atoms with E-state index in [1.165, 1.54) is 72.0 Å². The van der Waals surface area contributed by atoms with Gasteiger partial charge in [-0.3, -0.25) is 0 Å². The minimum atomic E-state index is -0.109. The third kappa shape index (κ3) is 4.94. The van der Waals surface area contributed by atoms with E-state index in [-0.39, 0.29) is 5.41 Å². The number of nitrogens with zero attached hydrogens (tertiary/aromatic N) is 2. The number of rotatable bonds is 6. The average molecular weight is 679 g/mol. The van der Waals surface area contributed by atoms with E-state index in [1.54, 1.807) is 0 Å². The second kappa shape index (κ2) is 12.3. The molecule has 0 unspecified atom stereocenters. The molecule has 0 saturated heterocycles. The van der Waals surface area contributed by atoms with E-state index in [9.17, 15) is 0 Å². The van der Waals surface area contributed by atoms with Gasteiger partial charge in [0.2, 0.25) is 0 Å². The molecule has 0 amide bonds. The third-order valence-corrected chi connectivity index (χ3v) is 11.2. The Morgan fingerprint density at radius 2 is 0.981 bits per heavy atom. The van der Waals surface area contributed by atoms with Crippen LogP contribution in [0.4, 0.5) is 17.1 Å². The van der Waals surface area contributed by atoms with E-state index < -0.39 is 0 Å². The molecule has 1 heterocycles. The summed E-state index contributed by atoms with van der Waals surface area (Å²) in [6.45, 7) is 4.73.